The Morgan fingerprint density at radius 3 is 2.80 bits per heavy atom. The first-order valence-corrected chi connectivity index (χ1v) is 6.11. The van der Waals surface area contributed by atoms with Crippen LogP contribution < -0.4 is 0 Å². The number of aryl methyl sites for hydroxylation is 1. The van der Waals surface area contributed by atoms with Crippen molar-refractivity contribution in [1.29, 1.82) is 0 Å². The zero-order valence-corrected chi connectivity index (χ0v) is 9.18. The molecule has 1 N–H and O–H groups in total. The summed E-state index contributed by atoms with van der Waals surface area (Å²) in [6.07, 6.45) is 2.73. The second-order valence-corrected chi connectivity index (χ2v) is 5.59. The molecule has 15 heavy (non-hydrogen) atoms. The van der Waals surface area contributed by atoms with E-state index in [0.717, 1.165) is 0 Å². The highest BCUT2D eigenvalue weighted by Gasteiger charge is 2.32. The van der Waals surface area contributed by atoms with Crippen molar-refractivity contribution in [3.8, 4) is 0 Å². The van der Waals surface area contributed by atoms with Crippen LogP contribution in [0.15, 0.2) is 17.3 Å². The maximum absolute atomic E-state index is 12.0. The average Bonchev–Trinajstić information content (AvgIpc) is 2.74. The normalized spacial score (nSPS) is 23.5. The van der Waals surface area contributed by atoms with E-state index < -0.39 is 16.1 Å². The van der Waals surface area contributed by atoms with Crippen LogP contribution in [0.3, 0.4) is 0 Å². The maximum Gasteiger partial charge on any atom is 0.246 e. The molecule has 2 heterocycles. The van der Waals surface area contributed by atoms with Crippen molar-refractivity contribution in [2.45, 2.75) is 17.4 Å². The zero-order valence-electron chi connectivity index (χ0n) is 8.37. The van der Waals surface area contributed by atoms with E-state index in [1.165, 1.54) is 21.4 Å². The molecule has 1 aromatic heterocycles. The van der Waals surface area contributed by atoms with E-state index in [1.54, 1.807) is 7.05 Å². The molecular weight excluding hydrogens is 218 g/mol. The summed E-state index contributed by atoms with van der Waals surface area (Å²) in [5.74, 6) is 0. The Balaban J connectivity index is 2.27. The molecule has 6 nitrogen and oxygen atoms in total. The largest absolute Gasteiger partial charge is 0.392 e. The second-order valence-electron chi connectivity index (χ2n) is 3.66. The monoisotopic (exact) mass is 231 g/mol. The fraction of sp³-hybridized carbons (Fsp3) is 0.625. The van der Waals surface area contributed by atoms with Crippen LogP contribution in [0, 0.1) is 0 Å². The molecule has 84 valence electrons. The van der Waals surface area contributed by atoms with E-state index >= 15 is 0 Å². The first-order valence-electron chi connectivity index (χ1n) is 4.67. The number of aromatic nitrogens is 2. The van der Waals surface area contributed by atoms with E-state index in [-0.39, 0.29) is 11.4 Å². The van der Waals surface area contributed by atoms with Crippen molar-refractivity contribution < 1.29 is 13.5 Å². The van der Waals surface area contributed by atoms with Crippen LogP contribution in [-0.2, 0) is 17.1 Å². The minimum Gasteiger partial charge on any atom is -0.392 e. The third-order valence-electron chi connectivity index (χ3n) is 2.45. The molecule has 0 spiro atoms. The zero-order chi connectivity index (χ0) is 11.1. The molecule has 2 rings (SSSR count). The van der Waals surface area contributed by atoms with Crippen molar-refractivity contribution in [2.24, 2.45) is 7.05 Å². The molecule has 1 saturated heterocycles. The van der Waals surface area contributed by atoms with Crippen LogP contribution in [0.2, 0.25) is 0 Å². The van der Waals surface area contributed by atoms with Gasteiger partial charge in [-0.05, 0) is 6.42 Å². The standard InChI is InChI=1S/C8H13N3O3S/c1-10-6-8(4-9-10)15(13,14)11-3-2-7(12)5-11/h4,6-7,12H,2-3,5H2,1H3. The highest BCUT2D eigenvalue weighted by molar-refractivity contribution is 7.89. The summed E-state index contributed by atoms with van der Waals surface area (Å²) in [6, 6.07) is 0. The topological polar surface area (TPSA) is 75.4 Å². The van der Waals surface area contributed by atoms with Gasteiger partial charge in [0.25, 0.3) is 0 Å². The first kappa shape index (κ1) is 10.6. The van der Waals surface area contributed by atoms with Crippen molar-refractivity contribution >= 4 is 10.0 Å². The van der Waals surface area contributed by atoms with E-state index in [1.807, 2.05) is 0 Å². The summed E-state index contributed by atoms with van der Waals surface area (Å²) >= 11 is 0. The number of aliphatic hydroxyl groups excluding tert-OH is 1. The van der Waals surface area contributed by atoms with Crippen LogP contribution in [0.4, 0.5) is 0 Å². The Kier molecular flexibility index (Phi) is 2.53. The third-order valence-corrected chi connectivity index (χ3v) is 4.26. The fourth-order valence-corrected chi connectivity index (χ4v) is 3.09. The summed E-state index contributed by atoms with van der Waals surface area (Å²) in [5.41, 5.74) is 0. The number of β-amino-alcohol motifs (C(OH)–C–C–N with tert-alkyl or cyclic N) is 1. The number of hydrogen-bond donors (Lipinski definition) is 1. The molecule has 7 heteroatoms. The molecule has 0 aromatic carbocycles. The van der Waals surface area contributed by atoms with Gasteiger partial charge in [-0.2, -0.15) is 9.40 Å². The summed E-state index contributed by atoms with van der Waals surface area (Å²) < 4.78 is 26.6. The smallest absolute Gasteiger partial charge is 0.246 e. The molecule has 1 atom stereocenters. The second kappa shape index (κ2) is 3.58. The van der Waals surface area contributed by atoms with Gasteiger partial charge in [0.15, 0.2) is 0 Å². The fourth-order valence-electron chi connectivity index (χ4n) is 1.61. The molecule has 1 aromatic rings. The summed E-state index contributed by atoms with van der Waals surface area (Å²) in [5, 5.41) is 13.1. The van der Waals surface area contributed by atoms with E-state index in [0.29, 0.717) is 13.0 Å². The van der Waals surface area contributed by atoms with Gasteiger partial charge in [-0.25, -0.2) is 8.42 Å². The van der Waals surface area contributed by atoms with E-state index in [4.69, 9.17) is 0 Å². The minimum atomic E-state index is -3.46. The van der Waals surface area contributed by atoms with E-state index in [2.05, 4.69) is 5.10 Å². The average molecular weight is 231 g/mol. The van der Waals surface area contributed by atoms with E-state index in [9.17, 15) is 13.5 Å². The van der Waals surface area contributed by atoms with Gasteiger partial charge in [0, 0.05) is 26.3 Å². The highest BCUT2D eigenvalue weighted by atomic mass is 32.2. The van der Waals surface area contributed by atoms with Crippen LogP contribution in [0.25, 0.3) is 0 Å². The maximum atomic E-state index is 12.0. The van der Waals surface area contributed by atoms with Gasteiger partial charge < -0.3 is 5.11 Å². The highest BCUT2D eigenvalue weighted by Crippen LogP contribution is 2.20. The van der Waals surface area contributed by atoms with Crippen molar-refractivity contribution in [3.05, 3.63) is 12.4 Å². The third kappa shape index (κ3) is 1.90. The van der Waals surface area contributed by atoms with Crippen LogP contribution >= 0.6 is 0 Å². The van der Waals surface area contributed by atoms with Gasteiger partial charge in [-0.1, -0.05) is 0 Å². The Morgan fingerprint density at radius 1 is 1.60 bits per heavy atom. The van der Waals surface area contributed by atoms with Crippen molar-refractivity contribution in [2.75, 3.05) is 13.1 Å². The molecule has 0 bridgehead atoms. The van der Waals surface area contributed by atoms with Gasteiger partial charge in [0.1, 0.15) is 4.90 Å². The lowest BCUT2D eigenvalue weighted by Gasteiger charge is -2.13. The molecule has 1 aliphatic rings. The SMILES string of the molecule is Cn1cc(S(=O)(=O)N2CCC(O)C2)cn1. The van der Waals surface area contributed by atoms with Gasteiger partial charge >= 0.3 is 0 Å². The Bertz CT molecular complexity index is 453. The van der Waals surface area contributed by atoms with Crippen molar-refractivity contribution in [1.82, 2.24) is 14.1 Å². The molecule has 1 aliphatic heterocycles. The molecular formula is C8H13N3O3S. The number of sulfonamides is 1. The predicted molar refractivity (Wildman–Crippen MR) is 52.6 cm³/mol. The number of aliphatic hydroxyl groups is 1. The summed E-state index contributed by atoms with van der Waals surface area (Å²) in [7, 11) is -1.80. The molecule has 0 amide bonds. The van der Waals surface area contributed by atoms with Gasteiger partial charge in [-0.3, -0.25) is 4.68 Å². The van der Waals surface area contributed by atoms with Crippen LogP contribution in [0.5, 0.6) is 0 Å². The Morgan fingerprint density at radius 2 is 2.33 bits per heavy atom. The van der Waals surface area contributed by atoms with Crippen LogP contribution in [-0.4, -0.2) is 46.8 Å². The van der Waals surface area contributed by atoms with Crippen LogP contribution in [0.1, 0.15) is 6.42 Å². The van der Waals surface area contributed by atoms with Gasteiger partial charge in [0.2, 0.25) is 10.0 Å². The van der Waals surface area contributed by atoms with Gasteiger partial charge in [0.05, 0.1) is 12.3 Å². The molecule has 0 saturated carbocycles. The quantitative estimate of drug-likeness (QED) is 0.721. The molecule has 0 aliphatic carbocycles. The summed E-state index contributed by atoms with van der Waals surface area (Å²) in [6.45, 7) is 0.551. The number of rotatable bonds is 2. The Labute approximate surface area is 88.2 Å². The summed E-state index contributed by atoms with van der Waals surface area (Å²) in [4.78, 5) is 0.180. The van der Waals surface area contributed by atoms with Crippen molar-refractivity contribution in [3.63, 3.8) is 0 Å². The lowest BCUT2D eigenvalue weighted by Crippen LogP contribution is -2.29. The number of hydrogen-bond acceptors (Lipinski definition) is 4. The van der Waals surface area contributed by atoms with Gasteiger partial charge in [-0.15, -0.1) is 0 Å². The minimum absolute atomic E-state index is 0.178. The Hall–Kier alpha value is -0.920. The molecule has 1 unspecified atom stereocenters. The molecule has 0 radical (unpaired) electrons. The molecule has 1 fully saturated rings. The first-order chi connectivity index (χ1) is 7.00. The number of nitrogens with zero attached hydrogens (tertiary/aromatic N) is 3. The predicted octanol–water partition coefficient (Wildman–Crippen LogP) is -0.825. The lowest BCUT2D eigenvalue weighted by molar-refractivity contribution is 0.189. The lowest BCUT2D eigenvalue weighted by atomic mass is 10.3.